The van der Waals surface area contributed by atoms with Gasteiger partial charge in [-0.15, -0.1) is 0 Å². The van der Waals surface area contributed by atoms with E-state index in [1.165, 1.54) is 23.5 Å². The molecule has 0 unspecified atom stereocenters. The average molecular weight is 538 g/mol. The van der Waals surface area contributed by atoms with Crippen molar-refractivity contribution in [3.8, 4) is 11.5 Å². The van der Waals surface area contributed by atoms with Gasteiger partial charge in [-0.05, 0) is 50.5 Å². The topological polar surface area (TPSA) is 90.7 Å². The van der Waals surface area contributed by atoms with Crippen molar-refractivity contribution in [3.63, 3.8) is 0 Å². The molecule has 0 radical (unpaired) electrons. The Balaban J connectivity index is 1.57. The van der Waals surface area contributed by atoms with E-state index in [4.69, 9.17) is 32.7 Å². The second-order valence-corrected chi connectivity index (χ2v) is 10.8. The van der Waals surface area contributed by atoms with Crippen molar-refractivity contribution in [2.24, 2.45) is 0 Å². The number of hydrogen-bond donors (Lipinski definition) is 0. The van der Waals surface area contributed by atoms with Crippen molar-refractivity contribution in [1.82, 2.24) is 14.1 Å². The van der Waals surface area contributed by atoms with Crippen LogP contribution in [-0.2, 0) is 32.5 Å². The molecule has 0 amide bonds. The Kier molecular flexibility index (Phi) is 7.70. The van der Waals surface area contributed by atoms with E-state index in [-0.39, 0.29) is 29.0 Å². The third-order valence-corrected chi connectivity index (χ3v) is 8.54. The van der Waals surface area contributed by atoms with Gasteiger partial charge < -0.3 is 9.47 Å². The van der Waals surface area contributed by atoms with Crippen LogP contribution in [0.5, 0.6) is 11.5 Å². The third kappa shape index (κ3) is 5.33. The molecule has 11 heteroatoms. The maximum atomic E-state index is 13.5. The second kappa shape index (κ2) is 10.6. The van der Waals surface area contributed by atoms with Gasteiger partial charge in [-0.1, -0.05) is 35.3 Å². The zero-order chi connectivity index (χ0) is 25.2. The summed E-state index contributed by atoms with van der Waals surface area (Å²) in [4.78, 5) is 11.9. The average Bonchev–Trinajstić information content (AvgIpc) is 3.23. The fraction of sp³-hybridized carbons (Fsp3) is 0.333. The van der Waals surface area contributed by atoms with E-state index in [0.29, 0.717) is 29.4 Å². The van der Waals surface area contributed by atoms with Gasteiger partial charge in [0, 0.05) is 24.4 Å². The highest BCUT2D eigenvalue weighted by Crippen LogP contribution is 2.39. The molecule has 0 bridgehead atoms. The monoisotopic (exact) mass is 537 g/mol. The van der Waals surface area contributed by atoms with E-state index in [1.54, 1.807) is 48.1 Å². The number of para-hydroxylation sites is 1. The number of aromatic nitrogens is 2. The number of carbonyl (C=O) groups excluding carboxylic acids is 1. The smallest absolute Gasteiger partial charge is 0.327 e. The van der Waals surface area contributed by atoms with Gasteiger partial charge in [0.2, 0.25) is 10.0 Å². The standard InChI is InChI=1S/C24H25Cl2N3O5S/c1-3-33-24(30)15-29-21-9-6-8-20(17(21)14-27-29)28(2)35(31,32)23-12-11-16(13-19(23)26)34-22-10-5-4-7-18(22)25/h4-5,7,10-14,20H,3,6,8-9,15H2,1-2H3/t20-/m1/s1. The minimum Gasteiger partial charge on any atom is -0.465 e. The lowest BCUT2D eigenvalue weighted by molar-refractivity contribution is -0.144. The highest BCUT2D eigenvalue weighted by Gasteiger charge is 2.35. The van der Waals surface area contributed by atoms with Crippen LogP contribution in [0.4, 0.5) is 0 Å². The molecular formula is C24H25Cl2N3O5S. The van der Waals surface area contributed by atoms with Crippen molar-refractivity contribution < 1.29 is 22.7 Å². The minimum atomic E-state index is -3.94. The van der Waals surface area contributed by atoms with Crippen LogP contribution in [0.15, 0.2) is 53.6 Å². The number of carbonyl (C=O) groups is 1. The van der Waals surface area contributed by atoms with Crippen molar-refractivity contribution in [2.45, 2.75) is 43.7 Å². The Morgan fingerprint density at radius 1 is 1.20 bits per heavy atom. The largest absolute Gasteiger partial charge is 0.465 e. The molecular weight excluding hydrogens is 513 g/mol. The molecule has 4 rings (SSSR count). The van der Waals surface area contributed by atoms with Crippen molar-refractivity contribution >= 4 is 39.2 Å². The van der Waals surface area contributed by atoms with Gasteiger partial charge in [-0.25, -0.2) is 8.42 Å². The highest BCUT2D eigenvalue weighted by atomic mass is 35.5. The lowest BCUT2D eigenvalue weighted by atomic mass is 9.93. The molecule has 3 aromatic rings. The number of sulfonamides is 1. The van der Waals surface area contributed by atoms with Gasteiger partial charge in [0.25, 0.3) is 0 Å². The van der Waals surface area contributed by atoms with Crippen LogP contribution in [0.3, 0.4) is 0 Å². The highest BCUT2D eigenvalue weighted by molar-refractivity contribution is 7.89. The number of fused-ring (bicyclic) bond motifs is 1. The van der Waals surface area contributed by atoms with Crippen molar-refractivity contribution in [3.05, 3.63) is 70.0 Å². The molecule has 35 heavy (non-hydrogen) atoms. The summed E-state index contributed by atoms with van der Waals surface area (Å²) in [5.74, 6) is 0.421. The Morgan fingerprint density at radius 2 is 1.97 bits per heavy atom. The molecule has 1 aliphatic rings. The van der Waals surface area contributed by atoms with Crippen LogP contribution in [0, 0.1) is 0 Å². The molecule has 0 saturated carbocycles. The van der Waals surface area contributed by atoms with Gasteiger partial charge in [-0.3, -0.25) is 9.48 Å². The SMILES string of the molecule is CCOC(=O)Cn1ncc2c1CCC[C@H]2N(C)S(=O)(=O)c1ccc(Oc2ccccc2Cl)cc1Cl. The number of nitrogens with zero attached hydrogens (tertiary/aromatic N) is 3. The predicted molar refractivity (Wildman–Crippen MR) is 132 cm³/mol. The molecule has 0 N–H and O–H groups in total. The number of benzene rings is 2. The van der Waals surface area contributed by atoms with Gasteiger partial charge in [0.05, 0.1) is 28.9 Å². The van der Waals surface area contributed by atoms with Crippen molar-refractivity contribution in [1.29, 1.82) is 0 Å². The molecule has 1 heterocycles. The predicted octanol–water partition coefficient (Wildman–Crippen LogP) is 5.24. The molecule has 1 aromatic heterocycles. The van der Waals surface area contributed by atoms with Gasteiger partial charge in [0.15, 0.2) is 0 Å². The van der Waals surface area contributed by atoms with E-state index in [9.17, 15) is 13.2 Å². The van der Waals surface area contributed by atoms with Gasteiger partial charge in [0.1, 0.15) is 22.9 Å². The summed E-state index contributed by atoms with van der Waals surface area (Å²) >= 11 is 12.5. The first-order chi connectivity index (χ1) is 16.7. The van der Waals surface area contributed by atoms with Gasteiger partial charge >= 0.3 is 5.97 Å². The second-order valence-electron chi connectivity index (χ2n) is 8.06. The molecule has 186 valence electrons. The number of rotatable bonds is 8. The Bertz CT molecular complexity index is 1340. The first-order valence-electron chi connectivity index (χ1n) is 11.1. The lowest BCUT2D eigenvalue weighted by Crippen LogP contribution is -2.33. The fourth-order valence-electron chi connectivity index (χ4n) is 4.17. The van der Waals surface area contributed by atoms with Crippen LogP contribution >= 0.6 is 23.2 Å². The zero-order valence-corrected chi connectivity index (χ0v) is 21.6. The van der Waals surface area contributed by atoms with Crippen LogP contribution in [0.25, 0.3) is 0 Å². The summed E-state index contributed by atoms with van der Waals surface area (Å²) in [6.45, 7) is 2.02. The molecule has 2 aromatic carbocycles. The van der Waals surface area contributed by atoms with Gasteiger partial charge in [-0.2, -0.15) is 9.40 Å². The quantitative estimate of drug-likeness (QED) is 0.364. The fourth-order valence-corrected chi connectivity index (χ4v) is 6.22. The Hall–Kier alpha value is -2.59. The van der Waals surface area contributed by atoms with Crippen LogP contribution in [-0.4, -0.2) is 42.1 Å². The lowest BCUT2D eigenvalue weighted by Gasteiger charge is -2.31. The number of halogens is 2. The normalized spacial score (nSPS) is 15.6. The molecule has 1 atom stereocenters. The van der Waals surface area contributed by atoms with E-state index in [0.717, 1.165) is 17.7 Å². The summed E-state index contributed by atoms with van der Waals surface area (Å²) < 4.78 is 40.8. The molecule has 0 spiro atoms. The number of ether oxygens (including phenoxy) is 2. The van der Waals surface area contributed by atoms with E-state index in [2.05, 4.69) is 5.10 Å². The molecule has 0 fully saturated rings. The molecule has 0 aliphatic heterocycles. The molecule has 0 saturated heterocycles. The summed E-state index contributed by atoms with van der Waals surface area (Å²) in [5, 5.41) is 4.79. The van der Waals surface area contributed by atoms with Crippen LogP contribution < -0.4 is 4.74 Å². The summed E-state index contributed by atoms with van der Waals surface area (Å²) in [5.41, 5.74) is 1.62. The van der Waals surface area contributed by atoms with Crippen LogP contribution in [0.1, 0.15) is 37.1 Å². The summed E-state index contributed by atoms with van der Waals surface area (Å²) in [7, 11) is -2.41. The summed E-state index contributed by atoms with van der Waals surface area (Å²) in [6, 6.07) is 10.9. The number of esters is 1. The van der Waals surface area contributed by atoms with E-state index >= 15 is 0 Å². The van der Waals surface area contributed by atoms with Crippen LogP contribution in [0.2, 0.25) is 10.0 Å². The third-order valence-electron chi connectivity index (χ3n) is 5.88. The maximum Gasteiger partial charge on any atom is 0.327 e. The first kappa shape index (κ1) is 25.5. The maximum absolute atomic E-state index is 13.5. The van der Waals surface area contributed by atoms with E-state index < -0.39 is 16.1 Å². The first-order valence-corrected chi connectivity index (χ1v) is 13.3. The molecule has 8 nitrogen and oxygen atoms in total. The molecule has 1 aliphatic carbocycles. The van der Waals surface area contributed by atoms with Crippen molar-refractivity contribution in [2.75, 3.05) is 13.7 Å². The Labute approximate surface area is 214 Å². The zero-order valence-electron chi connectivity index (χ0n) is 19.3. The van der Waals surface area contributed by atoms with E-state index in [1.807, 2.05) is 0 Å². The summed E-state index contributed by atoms with van der Waals surface area (Å²) in [6.07, 6.45) is 3.71. The number of hydrogen-bond acceptors (Lipinski definition) is 6. The Morgan fingerprint density at radius 3 is 2.69 bits per heavy atom. The minimum absolute atomic E-state index is 0.00885.